The quantitative estimate of drug-likeness (QED) is 0.754. The van der Waals surface area contributed by atoms with Gasteiger partial charge in [0.2, 0.25) is 11.7 Å². The molecule has 2 aromatic carbocycles. The fourth-order valence-electron chi connectivity index (χ4n) is 2.73. The van der Waals surface area contributed by atoms with Gasteiger partial charge in [0.05, 0.1) is 12.1 Å². The monoisotopic (exact) mass is 281 g/mol. The molecule has 1 fully saturated rings. The van der Waals surface area contributed by atoms with Crippen LogP contribution in [0.5, 0.6) is 0 Å². The summed E-state index contributed by atoms with van der Waals surface area (Å²) in [6.45, 7) is 0.568. The Morgan fingerprint density at radius 3 is 2.81 bits per heavy atom. The van der Waals surface area contributed by atoms with Gasteiger partial charge in [-0.3, -0.25) is 0 Å². The first kappa shape index (κ1) is 12.5. The summed E-state index contributed by atoms with van der Waals surface area (Å²) in [5.74, 6) is 1.12. The van der Waals surface area contributed by atoms with E-state index in [0.29, 0.717) is 24.7 Å². The molecular weight excluding hydrogens is 266 g/mol. The number of fused-ring (bicyclic) bond motifs is 1. The van der Waals surface area contributed by atoms with Crippen molar-refractivity contribution in [2.24, 2.45) is 0 Å². The second-order valence-corrected chi connectivity index (χ2v) is 5.37. The molecule has 0 aliphatic carbocycles. The Morgan fingerprint density at radius 2 is 2.00 bits per heavy atom. The van der Waals surface area contributed by atoms with E-state index < -0.39 is 0 Å². The Kier molecular flexibility index (Phi) is 2.94. The van der Waals surface area contributed by atoms with E-state index in [1.54, 1.807) is 0 Å². The number of β-amino-alcohol motifs (C(OH)–C–C–N with tert-alkyl or cyclic N) is 1. The zero-order valence-electron chi connectivity index (χ0n) is 11.4. The molecule has 1 aliphatic heterocycles. The molecule has 0 amide bonds. The third-order valence-electron chi connectivity index (χ3n) is 3.86. The largest absolute Gasteiger partial charge is 0.392 e. The van der Waals surface area contributed by atoms with E-state index in [0.717, 1.165) is 10.9 Å². The number of hydrogen-bond donors (Lipinski definition) is 2. The summed E-state index contributed by atoms with van der Waals surface area (Å²) >= 11 is 0. The van der Waals surface area contributed by atoms with Gasteiger partial charge >= 0.3 is 0 Å². The van der Waals surface area contributed by atoms with E-state index in [2.05, 4.69) is 39.7 Å². The van der Waals surface area contributed by atoms with Crippen LogP contribution in [0, 0.1) is 0 Å². The van der Waals surface area contributed by atoms with Crippen LogP contribution in [0.3, 0.4) is 0 Å². The normalized spacial score (nSPS) is 22.0. The maximum Gasteiger partial charge on any atom is 0.244 e. The minimum Gasteiger partial charge on any atom is -0.392 e. The third-order valence-corrected chi connectivity index (χ3v) is 3.86. The van der Waals surface area contributed by atoms with Crippen LogP contribution in [0.4, 0.5) is 0 Å². The summed E-state index contributed by atoms with van der Waals surface area (Å²) in [6, 6.07) is 14.2. The highest BCUT2D eigenvalue weighted by atomic mass is 16.5. The van der Waals surface area contributed by atoms with E-state index >= 15 is 0 Å². The van der Waals surface area contributed by atoms with Gasteiger partial charge in [-0.25, -0.2) is 0 Å². The number of aliphatic hydroxyl groups is 1. The van der Waals surface area contributed by atoms with Crippen LogP contribution >= 0.6 is 0 Å². The Bertz CT molecular complexity index is 784. The summed E-state index contributed by atoms with van der Waals surface area (Å²) in [5.41, 5.74) is 0.933. The standard InChI is InChI=1S/C16H15N3O2/c20-13-8-14(17-9-13)16-18-15(19-21-16)12-6-5-10-3-1-2-4-11(10)7-12/h1-7,13-14,17,20H,8-9H2/t13-,14-/m1/s1. The van der Waals surface area contributed by atoms with Crippen LogP contribution < -0.4 is 5.32 Å². The van der Waals surface area contributed by atoms with Gasteiger partial charge in [-0.15, -0.1) is 0 Å². The molecule has 106 valence electrons. The van der Waals surface area contributed by atoms with Gasteiger partial charge in [-0.2, -0.15) is 4.98 Å². The Labute approximate surface area is 121 Å². The number of hydrogen-bond acceptors (Lipinski definition) is 5. The topological polar surface area (TPSA) is 71.2 Å². The number of rotatable bonds is 2. The van der Waals surface area contributed by atoms with Crippen molar-refractivity contribution >= 4 is 10.8 Å². The van der Waals surface area contributed by atoms with E-state index in [9.17, 15) is 5.11 Å². The lowest BCUT2D eigenvalue weighted by molar-refractivity contribution is 0.191. The maximum atomic E-state index is 9.55. The Morgan fingerprint density at radius 1 is 1.14 bits per heavy atom. The molecule has 2 heterocycles. The van der Waals surface area contributed by atoms with E-state index in [4.69, 9.17) is 4.52 Å². The van der Waals surface area contributed by atoms with Gasteiger partial charge in [0.25, 0.3) is 0 Å². The molecule has 21 heavy (non-hydrogen) atoms. The minimum atomic E-state index is -0.342. The zero-order chi connectivity index (χ0) is 14.2. The van der Waals surface area contributed by atoms with Crippen LogP contribution in [-0.4, -0.2) is 27.9 Å². The molecule has 3 aromatic rings. The Hall–Kier alpha value is -2.24. The fraction of sp³-hybridized carbons (Fsp3) is 0.250. The first-order valence-electron chi connectivity index (χ1n) is 7.04. The van der Waals surface area contributed by atoms with Crippen LogP contribution in [-0.2, 0) is 0 Å². The molecule has 5 nitrogen and oxygen atoms in total. The Balaban J connectivity index is 1.67. The van der Waals surface area contributed by atoms with Crippen LogP contribution in [0.1, 0.15) is 18.4 Å². The smallest absolute Gasteiger partial charge is 0.244 e. The molecule has 1 saturated heterocycles. The molecule has 5 heteroatoms. The van der Waals surface area contributed by atoms with Gasteiger partial charge in [0, 0.05) is 12.1 Å². The average Bonchev–Trinajstić information content (AvgIpc) is 3.15. The van der Waals surface area contributed by atoms with Gasteiger partial charge in [0.1, 0.15) is 0 Å². The van der Waals surface area contributed by atoms with E-state index in [-0.39, 0.29) is 12.1 Å². The van der Waals surface area contributed by atoms with Crippen LogP contribution in [0.15, 0.2) is 47.0 Å². The van der Waals surface area contributed by atoms with E-state index in [1.165, 1.54) is 5.39 Å². The first-order chi connectivity index (χ1) is 10.3. The van der Waals surface area contributed by atoms with Crippen molar-refractivity contribution in [1.29, 1.82) is 0 Å². The predicted molar refractivity (Wildman–Crippen MR) is 78.6 cm³/mol. The number of benzene rings is 2. The number of nitrogens with zero attached hydrogens (tertiary/aromatic N) is 2. The van der Waals surface area contributed by atoms with Crippen molar-refractivity contribution in [1.82, 2.24) is 15.5 Å². The highest BCUT2D eigenvalue weighted by Crippen LogP contribution is 2.26. The first-order valence-corrected chi connectivity index (χ1v) is 7.04. The molecule has 0 unspecified atom stereocenters. The summed E-state index contributed by atoms with van der Waals surface area (Å²) < 4.78 is 5.33. The van der Waals surface area contributed by atoms with Crippen LogP contribution in [0.25, 0.3) is 22.2 Å². The van der Waals surface area contributed by atoms with Crippen molar-refractivity contribution < 1.29 is 9.63 Å². The summed E-state index contributed by atoms with van der Waals surface area (Å²) in [4.78, 5) is 4.45. The van der Waals surface area contributed by atoms with Crippen molar-refractivity contribution in [3.63, 3.8) is 0 Å². The minimum absolute atomic E-state index is 0.0540. The van der Waals surface area contributed by atoms with Gasteiger partial charge in [0.15, 0.2) is 0 Å². The van der Waals surface area contributed by atoms with Crippen molar-refractivity contribution in [3.05, 3.63) is 48.4 Å². The lowest BCUT2D eigenvalue weighted by atomic mass is 10.1. The molecule has 1 aliphatic rings. The second kappa shape index (κ2) is 4.95. The molecule has 2 atom stereocenters. The second-order valence-electron chi connectivity index (χ2n) is 5.37. The molecule has 1 aromatic heterocycles. The third kappa shape index (κ3) is 2.30. The van der Waals surface area contributed by atoms with E-state index in [1.807, 2.05) is 18.2 Å². The van der Waals surface area contributed by atoms with Crippen molar-refractivity contribution in [3.8, 4) is 11.4 Å². The van der Waals surface area contributed by atoms with Crippen molar-refractivity contribution in [2.45, 2.75) is 18.6 Å². The lowest BCUT2D eigenvalue weighted by Gasteiger charge is -2.02. The molecule has 0 spiro atoms. The number of nitrogens with one attached hydrogen (secondary N) is 1. The van der Waals surface area contributed by atoms with Gasteiger partial charge < -0.3 is 14.9 Å². The molecule has 0 radical (unpaired) electrons. The molecule has 0 saturated carbocycles. The highest BCUT2D eigenvalue weighted by Gasteiger charge is 2.28. The van der Waals surface area contributed by atoms with Crippen molar-refractivity contribution in [2.75, 3.05) is 6.54 Å². The van der Waals surface area contributed by atoms with Gasteiger partial charge in [-0.05, 0) is 23.3 Å². The average molecular weight is 281 g/mol. The zero-order valence-corrected chi connectivity index (χ0v) is 11.4. The molecular formula is C16H15N3O2. The summed E-state index contributed by atoms with van der Waals surface area (Å²) in [5, 5.41) is 19.1. The molecule has 2 N–H and O–H groups in total. The molecule has 0 bridgehead atoms. The van der Waals surface area contributed by atoms with Crippen LogP contribution in [0.2, 0.25) is 0 Å². The maximum absolute atomic E-state index is 9.55. The lowest BCUT2D eigenvalue weighted by Crippen LogP contribution is -2.15. The molecule has 4 rings (SSSR count). The SMILES string of the molecule is O[C@H]1CN[C@@H](c2nc(-c3ccc4ccccc4c3)no2)C1. The highest BCUT2D eigenvalue weighted by molar-refractivity contribution is 5.86. The number of aliphatic hydroxyl groups excluding tert-OH is 1. The summed E-state index contributed by atoms with van der Waals surface area (Å²) in [6.07, 6.45) is 0.269. The van der Waals surface area contributed by atoms with Gasteiger partial charge in [-0.1, -0.05) is 41.6 Å². The fourth-order valence-corrected chi connectivity index (χ4v) is 2.73. The predicted octanol–water partition coefficient (Wildman–Crippen LogP) is 2.29. The summed E-state index contributed by atoms with van der Waals surface area (Å²) in [7, 11) is 0. The number of aromatic nitrogens is 2.